The van der Waals surface area contributed by atoms with Crippen molar-refractivity contribution in [2.75, 3.05) is 0 Å². The Morgan fingerprint density at radius 3 is 1.02 bits per heavy atom. The number of hydrogen-bond donors (Lipinski definition) is 3. The maximum atomic E-state index is 11.2. The number of nitrogens with two attached hydrogens (primary N) is 2. The summed E-state index contributed by atoms with van der Waals surface area (Å²) in [5, 5.41) is 8.52. The molecule has 0 heterocycles. The minimum absolute atomic E-state index is 0.116. The number of rotatable bonds is 31. The summed E-state index contributed by atoms with van der Waals surface area (Å²) in [6, 6.07) is -0.116. The van der Waals surface area contributed by atoms with Crippen LogP contribution in [0.5, 0.6) is 0 Å². The molecule has 2 atom stereocenters. The maximum Gasteiger partial charge on any atom is 0.303 e. The zero-order valence-corrected chi connectivity index (χ0v) is 28.1. The van der Waals surface area contributed by atoms with Gasteiger partial charge in [-0.2, -0.15) is 0 Å². The monoisotopic (exact) mass is 583 g/mol. The molecule has 0 bridgehead atoms. The quantitative estimate of drug-likeness (QED) is 0.0706. The van der Waals surface area contributed by atoms with Crippen LogP contribution >= 0.6 is 0 Å². The van der Waals surface area contributed by atoms with Gasteiger partial charge in [-0.05, 0) is 19.8 Å². The third kappa shape index (κ3) is 36.9. The third-order valence-electron chi connectivity index (χ3n) is 8.36. The lowest BCUT2D eigenvalue weighted by atomic mass is 9.94. The second kappa shape index (κ2) is 35.1. The second-order valence-corrected chi connectivity index (χ2v) is 12.6. The van der Waals surface area contributed by atoms with E-state index in [2.05, 4.69) is 13.8 Å². The normalized spacial score (nSPS) is 12.5. The Morgan fingerprint density at radius 1 is 0.512 bits per heavy atom. The molecule has 0 aromatic heterocycles. The topological polar surface area (TPSA) is 106 Å². The molecule has 0 rings (SSSR count). The minimum Gasteiger partial charge on any atom is -0.481 e. The molecule has 5 N–H and O–H groups in total. The summed E-state index contributed by atoms with van der Waals surface area (Å²) in [5.41, 5.74) is 11.1. The van der Waals surface area contributed by atoms with E-state index in [4.69, 9.17) is 16.6 Å². The highest BCUT2D eigenvalue weighted by Gasteiger charge is 2.18. The van der Waals surface area contributed by atoms with Gasteiger partial charge < -0.3 is 16.6 Å². The molecule has 0 aliphatic carbocycles. The van der Waals surface area contributed by atoms with Crippen molar-refractivity contribution in [3.8, 4) is 0 Å². The lowest BCUT2D eigenvalue weighted by Crippen LogP contribution is -2.37. The van der Waals surface area contributed by atoms with Crippen molar-refractivity contribution in [1.29, 1.82) is 0 Å². The summed E-state index contributed by atoms with van der Waals surface area (Å²) >= 11 is 0. The first kappa shape index (κ1) is 42.0. The van der Waals surface area contributed by atoms with Crippen LogP contribution in [0.15, 0.2) is 0 Å². The second-order valence-electron chi connectivity index (χ2n) is 12.6. The van der Waals surface area contributed by atoms with E-state index in [1.54, 1.807) is 0 Å². The van der Waals surface area contributed by atoms with Gasteiger partial charge in [0.2, 0.25) is 5.91 Å². The fourth-order valence-corrected chi connectivity index (χ4v) is 5.52. The van der Waals surface area contributed by atoms with Crippen LogP contribution in [-0.2, 0) is 9.59 Å². The third-order valence-corrected chi connectivity index (χ3v) is 8.36. The molecule has 1 amide bonds. The number of carbonyl (C=O) groups is 2. The number of aliphatic carboxylic acids is 1. The van der Waals surface area contributed by atoms with Gasteiger partial charge in [-0.3, -0.25) is 9.59 Å². The van der Waals surface area contributed by atoms with Gasteiger partial charge in [0.15, 0.2) is 0 Å². The predicted molar refractivity (Wildman–Crippen MR) is 179 cm³/mol. The summed E-state index contributed by atoms with van der Waals surface area (Å²) in [7, 11) is 0. The van der Waals surface area contributed by atoms with Gasteiger partial charge in [0.25, 0.3) is 0 Å². The molecule has 0 radical (unpaired) electrons. The molecule has 246 valence electrons. The molecule has 0 fully saturated rings. The lowest BCUT2D eigenvalue weighted by molar-refractivity contribution is -0.137. The lowest BCUT2D eigenvalue weighted by Gasteiger charge is -2.16. The van der Waals surface area contributed by atoms with E-state index in [-0.39, 0.29) is 17.9 Å². The van der Waals surface area contributed by atoms with Crippen molar-refractivity contribution < 1.29 is 14.7 Å². The van der Waals surface area contributed by atoms with Gasteiger partial charge in [-0.15, -0.1) is 0 Å². The van der Waals surface area contributed by atoms with E-state index in [9.17, 15) is 9.59 Å². The molecule has 0 saturated heterocycles. The molecule has 5 nitrogen and oxygen atoms in total. The van der Waals surface area contributed by atoms with Gasteiger partial charge >= 0.3 is 5.97 Å². The number of carbonyl (C=O) groups excluding carboxylic acids is 1. The zero-order valence-electron chi connectivity index (χ0n) is 28.1. The van der Waals surface area contributed by atoms with E-state index in [0.717, 1.165) is 25.7 Å². The fraction of sp³-hybridized carbons (Fsp3) is 0.944. The predicted octanol–water partition coefficient (Wildman–Crippen LogP) is 10.9. The highest BCUT2D eigenvalue weighted by atomic mass is 16.4. The Bertz CT molecular complexity index is 539. The molecular weight excluding hydrogens is 508 g/mol. The first-order chi connectivity index (χ1) is 19.9. The van der Waals surface area contributed by atoms with Crippen molar-refractivity contribution in [3.63, 3.8) is 0 Å². The Labute approximate surface area is 256 Å². The van der Waals surface area contributed by atoms with Crippen LogP contribution in [0.2, 0.25) is 0 Å². The van der Waals surface area contributed by atoms with E-state index in [0.29, 0.717) is 6.42 Å². The van der Waals surface area contributed by atoms with Crippen molar-refractivity contribution in [2.24, 2.45) is 17.4 Å². The summed E-state index contributed by atoms with van der Waals surface area (Å²) < 4.78 is 0. The average molecular weight is 583 g/mol. The van der Waals surface area contributed by atoms with E-state index < -0.39 is 5.97 Å². The molecule has 2 unspecified atom stereocenters. The number of amides is 1. The average Bonchev–Trinajstić information content (AvgIpc) is 2.93. The molecule has 0 spiro atoms. The molecule has 0 aromatic rings. The number of hydrogen-bond acceptors (Lipinski definition) is 3. The molecule has 0 aromatic carbocycles. The highest BCUT2D eigenvalue weighted by Crippen LogP contribution is 2.16. The van der Waals surface area contributed by atoms with Crippen LogP contribution < -0.4 is 11.5 Å². The van der Waals surface area contributed by atoms with Gasteiger partial charge in [-0.25, -0.2) is 0 Å². The van der Waals surface area contributed by atoms with Gasteiger partial charge in [-0.1, -0.05) is 181 Å². The Kier molecular flexibility index (Phi) is 36.0. The molecule has 5 heteroatoms. The SMILES string of the molecule is CCCCCCCCCCCCCCC(C(N)=O)C(C)N.CCCCCCCCCCCCCCCCCC(=O)O. The summed E-state index contributed by atoms with van der Waals surface area (Å²) in [6.07, 6.45) is 37.1. The maximum absolute atomic E-state index is 11.2. The number of carboxylic acids is 1. The van der Waals surface area contributed by atoms with Crippen LogP contribution in [0.3, 0.4) is 0 Å². The minimum atomic E-state index is -0.653. The summed E-state index contributed by atoms with van der Waals surface area (Å²) in [6.45, 7) is 6.40. The number of carboxylic acid groups (broad SMARTS) is 1. The van der Waals surface area contributed by atoms with Crippen molar-refractivity contribution in [2.45, 2.75) is 213 Å². The van der Waals surface area contributed by atoms with Gasteiger partial charge in [0, 0.05) is 12.5 Å². The van der Waals surface area contributed by atoms with Crippen LogP contribution in [0, 0.1) is 5.92 Å². The smallest absolute Gasteiger partial charge is 0.303 e. The van der Waals surface area contributed by atoms with Crippen molar-refractivity contribution in [3.05, 3.63) is 0 Å². The van der Waals surface area contributed by atoms with Crippen molar-refractivity contribution in [1.82, 2.24) is 0 Å². The van der Waals surface area contributed by atoms with E-state index in [1.807, 2.05) is 6.92 Å². The number of primary amides is 1. The molecular formula is C36H74N2O3. The van der Waals surface area contributed by atoms with E-state index in [1.165, 1.54) is 154 Å². The Hall–Kier alpha value is -1.10. The first-order valence-corrected chi connectivity index (χ1v) is 18.1. The molecule has 0 saturated carbocycles. The summed E-state index contributed by atoms with van der Waals surface area (Å²) in [4.78, 5) is 21.5. The van der Waals surface area contributed by atoms with Gasteiger partial charge in [0.05, 0.1) is 5.92 Å². The molecule has 41 heavy (non-hydrogen) atoms. The fourth-order valence-electron chi connectivity index (χ4n) is 5.52. The number of unbranched alkanes of at least 4 members (excludes halogenated alkanes) is 25. The van der Waals surface area contributed by atoms with Crippen LogP contribution in [0.25, 0.3) is 0 Å². The summed E-state index contributed by atoms with van der Waals surface area (Å²) in [5.74, 6) is -1.04. The molecule has 0 aliphatic heterocycles. The Morgan fingerprint density at radius 2 is 0.780 bits per heavy atom. The first-order valence-electron chi connectivity index (χ1n) is 18.1. The zero-order chi connectivity index (χ0) is 30.8. The largest absolute Gasteiger partial charge is 0.481 e. The van der Waals surface area contributed by atoms with E-state index >= 15 is 0 Å². The molecule has 0 aliphatic rings. The van der Waals surface area contributed by atoms with Gasteiger partial charge in [0.1, 0.15) is 0 Å². The van der Waals surface area contributed by atoms with Crippen LogP contribution in [-0.4, -0.2) is 23.0 Å². The van der Waals surface area contributed by atoms with Crippen LogP contribution in [0.4, 0.5) is 0 Å². The standard InChI is InChI=1S/C18H38N2O.C18H36O2/c1-3-4-5-6-7-8-9-10-11-12-13-14-15-17(16(2)19)18(20)21;1-2-3-4-5-6-7-8-9-10-11-12-13-14-15-16-17-18(19)20/h16-17H,3-15,19H2,1-2H3,(H2,20,21);2-17H2,1H3,(H,19,20). The van der Waals surface area contributed by atoms with Crippen LogP contribution in [0.1, 0.15) is 207 Å². The highest BCUT2D eigenvalue weighted by molar-refractivity contribution is 5.77. The van der Waals surface area contributed by atoms with Crippen molar-refractivity contribution >= 4 is 11.9 Å². The Balaban J connectivity index is 0.